The van der Waals surface area contributed by atoms with E-state index >= 15 is 0 Å². The molecule has 3 saturated carbocycles. The summed E-state index contributed by atoms with van der Waals surface area (Å²) < 4.78 is 52.2. The third-order valence-electron chi connectivity index (χ3n) is 19.5. The first-order valence-electron chi connectivity index (χ1n) is 35.1. The maximum Gasteiger partial charge on any atom is 0.290 e. The Hall–Kier alpha value is -12.3. The van der Waals surface area contributed by atoms with Gasteiger partial charge in [0.15, 0.2) is 17.1 Å². The molecule has 108 heavy (non-hydrogen) atoms. The average molecular weight is 1480 g/mol. The van der Waals surface area contributed by atoms with Crippen LogP contribution < -0.4 is 16.0 Å². The van der Waals surface area contributed by atoms with Crippen molar-refractivity contribution in [2.24, 2.45) is 0 Å². The first-order chi connectivity index (χ1) is 53.1. The maximum atomic E-state index is 13.8. The minimum atomic E-state index is -0.691. The molecule has 3 amide bonds. The number of nitrogens with zero attached hydrogens (tertiary/aromatic N) is 21. The number of rotatable bonds is 18. The van der Waals surface area contributed by atoms with Crippen LogP contribution >= 0.6 is 0 Å². The number of morpholine rings is 3. The van der Waals surface area contributed by atoms with E-state index in [-0.39, 0.29) is 53.1 Å². The molecule has 0 unspecified atom stereocenters. The summed E-state index contributed by atoms with van der Waals surface area (Å²) in [5.41, 5.74) is 6.61. The quantitative estimate of drug-likeness (QED) is 0.0443. The zero-order valence-electron chi connectivity index (χ0n) is 58.0. The Kier molecular flexibility index (Phi) is 22.1. The summed E-state index contributed by atoms with van der Waals surface area (Å²) >= 11 is 0. The Balaban J connectivity index is 0.000000127. The number of anilines is 3. The second kappa shape index (κ2) is 33.4. The van der Waals surface area contributed by atoms with Crippen LogP contribution in [0, 0.1) is 5.95 Å². The van der Waals surface area contributed by atoms with E-state index in [4.69, 9.17) is 52.7 Å². The predicted octanol–water partition coefficient (Wildman–Crippen LogP) is 6.64. The van der Waals surface area contributed by atoms with Crippen molar-refractivity contribution in [3.8, 4) is 68.5 Å². The molecule has 0 radical (unpaired) electrons. The standard InChI is InChI=1S/C24H26FN9O3.2C22H23N9O3.CH2O2/c25-22-17(11-28-31-22)24-30-20(14-37-24)23(35)29-19-13-34(32-21(19)18-12-26-5-6-27-18)16-3-1-15(2-4-16)33-7-9-36-10-8-33;2*32-21(19-13-34-22(28-19)14-9-25-26-10-14)27-18-12-31(29-20(18)17-11-23-1-2-24-17)16-7-15(8-16)30-3-5-33-6-4-30;2-1-3/h5-6,11-16H,1-4,7-10H2,(H,28,31)(H,29,35);2*1-2,9-13,15-16H,3-8H2,(H,25,26)(H,27,32);1H,(H,2,3). The predicted molar refractivity (Wildman–Crippen MR) is 377 cm³/mol. The van der Waals surface area contributed by atoms with Crippen molar-refractivity contribution in [3.05, 3.63) is 147 Å². The number of nitrogens with one attached hydrogen (secondary N) is 6. The summed E-state index contributed by atoms with van der Waals surface area (Å²) in [5, 5.41) is 48.9. The monoisotopic (exact) mass is 1480 g/mol. The van der Waals surface area contributed by atoms with E-state index in [9.17, 15) is 18.8 Å². The number of aromatic amines is 3. The Morgan fingerprint density at radius 3 is 1.18 bits per heavy atom. The molecular formula is C69H74FN27O11. The molecule has 18 rings (SSSR count). The molecule has 7 N–H and O–H groups in total. The van der Waals surface area contributed by atoms with Crippen molar-refractivity contribution in [1.82, 2.24) is 119 Å². The Morgan fingerprint density at radius 1 is 0.463 bits per heavy atom. The third-order valence-corrected chi connectivity index (χ3v) is 19.5. The fourth-order valence-electron chi connectivity index (χ4n) is 13.7. The highest BCUT2D eigenvalue weighted by Gasteiger charge is 2.39. The number of carbonyl (C=O) groups excluding carboxylic acids is 3. The highest BCUT2D eigenvalue weighted by Crippen LogP contribution is 2.41. The number of aromatic nitrogens is 21. The summed E-state index contributed by atoms with van der Waals surface area (Å²) in [4.78, 5) is 93.0. The van der Waals surface area contributed by atoms with E-state index in [0.717, 1.165) is 130 Å². The first kappa shape index (κ1) is 71.3. The van der Waals surface area contributed by atoms with Crippen molar-refractivity contribution in [3.63, 3.8) is 0 Å². The lowest BCUT2D eigenvalue weighted by atomic mass is 9.85. The molecule has 3 aliphatic heterocycles. The van der Waals surface area contributed by atoms with Gasteiger partial charge in [-0.05, 0) is 51.4 Å². The summed E-state index contributed by atoms with van der Waals surface area (Å²) in [6, 6.07) is 2.36. The maximum absolute atomic E-state index is 13.8. The first-order valence-corrected chi connectivity index (χ1v) is 35.1. The van der Waals surface area contributed by atoms with E-state index in [0.29, 0.717) is 92.3 Å². The van der Waals surface area contributed by atoms with E-state index in [1.807, 2.05) is 32.6 Å². The highest BCUT2D eigenvalue weighted by atomic mass is 19.1. The van der Waals surface area contributed by atoms with Crippen molar-refractivity contribution in [2.75, 3.05) is 94.9 Å². The van der Waals surface area contributed by atoms with Gasteiger partial charge in [0.2, 0.25) is 23.6 Å². The number of oxazole rings is 3. The second-order valence-corrected chi connectivity index (χ2v) is 26.0. The zero-order chi connectivity index (χ0) is 73.7. The van der Waals surface area contributed by atoms with Crippen LogP contribution in [0.3, 0.4) is 0 Å². The van der Waals surface area contributed by atoms with Gasteiger partial charge in [-0.25, -0.2) is 15.0 Å². The third kappa shape index (κ3) is 16.5. The van der Waals surface area contributed by atoms with Crippen molar-refractivity contribution < 1.29 is 56.1 Å². The molecule has 0 bridgehead atoms. The van der Waals surface area contributed by atoms with Crippen LogP contribution in [-0.2, 0) is 19.0 Å². The molecule has 15 heterocycles. The van der Waals surface area contributed by atoms with Crippen molar-refractivity contribution >= 4 is 41.3 Å². The SMILES string of the molecule is O=C(Nc1cn(C2CC(N3CCOCC3)C2)nc1-c1cnccn1)c1coc(-c2cn[nH]c2)n1.O=C(Nc1cn(C2CC(N3CCOCC3)C2)nc1-c1cnccn1)c1coc(-c2cn[nH]c2)n1.O=C(Nc1cn(C2CCC(N3CCOCC3)CC2)nc1-c1cnccn1)c1coc(-c2cn[nH]c2F)n1.O=CO. The number of H-pyrrole nitrogens is 3. The minimum Gasteiger partial charge on any atom is -0.483 e. The van der Waals surface area contributed by atoms with Gasteiger partial charge < -0.3 is 48.5 Å². The summed E-state index contributed by atoms with van der Waals surface area (Å²) in [6.45, 7) is 10.4. The van der Waals surface area contributed by atoms with Gasteiger partial charge in [-0.2, -0.15) is 35.0 Å². The lowest BCUT2D eigenvalue weighted by molar-refractivity contribution is -0.122. The smallest absolute Gasteiger partial charge is 0.290 e. The van der Waals surface area contributed by atoms with E-state index in [1.54, 1.807) is 80.6 Å². The van der Waals surface area contributed by atoms with Crippen molar-refractivity contribution in [1.29, 1.82) is 0 Å². The van der Waals surface area contributed by atoms with Gasteiger partial charge in [0, 0.05) is 126 Å². The second-order valence-electron chi connectivity index (χ2n) is 26.0. The largest absolute Gasteiger partial charge is 0.483 e. The molecule has 0 spiro atoms. The highest BCUT2D eigenvalue weighted by molar-refractivity contribution is 6.06. The molecule has 12 aromatic heterocycles. The normalized spacial score (nSPS) is 20.2. The van der Waals surface area contributed by atoms with Crippen LogP contribution in [0.15, 0.2) is 137 Å². The van der Waals surface area contributed by atoms with Gasteiger partial charge in [0.25, 0.3) is 24.2 Å². The molecule has 0 atom stereocenters. The van der Waals surface area contributed by atoms with Gasteiger partial charge in [0.1, 0.15) is 58.5 Å². The van der Waals surface area contributed by atoms with E-state index < -0.39 is 23.7 Å². The van der Waals surface area contributed by atoms with Gasteiger partial charge in [-0.3, -0.25) is 93.1 Å². The van der Waals surface area contributed by atoms with E-state index in [1.165, 1.54) is 25.0 Å². The van der Waals surface area contributed by atoms with Crippen LogP contribution in [0.25, 0.3) is 68.5 Å². The van der Waals surface area contributed by atoms with Gasteiger partial charge in [0.05, 0.1) is 123 Å². The minimum absolute atomic E-state index is 0.000495. The summed E-state index contributed by atoms with van der Waals surface area (Å²) in [6.07, 6.45) is 39.7. The molecule has 6 fully saturated rings. The molecular weight excluding hydrogens is 1400 g/mol. The number of hydrogen-bond donors (Lipinski definition) is 7. The molecule has 38 nitrogen and oxygen atoms in total. The molecule has 6 aliphatic rings. The van der Waals surface area contributed by atoms with Crippen LogP contribution in [0.5, 0.6) is 0 Å². The number of ether oxygens (including phenoxy) is 3. The number of amides is 3. The Morgan fingerprint density at radius 2 is 0.824 bits per heavy atom. The molecule has 12 aromatic rings. The van der Waals surface area contributed by atoms with Crippen LogP contribution in [0.1, 0.15) is 101 Å². The fourth-order valence-corrected chi connectivity index (χ4v) is 13.7. The fraction of sp³-hybridized carbons (Fsp3) is 0.377. The van der Waals surface area contributed by atoms with Gasteiger partial charge >= 0.3 is 0 Å². The van der Waals surface area contributed by atoms with Gasteiger partial charge in [-0.15, -0.1) is 0 Å². The van der Waals surface area contributed by atoms with Crippen molar-refractivity contribution in [2.45, 2.75) is 87.6 Å². The Labute approximate surface area is 612 Å². The lowest BCUT2D eigenvalue weighted by Crippen LogP contribution is -2.50. The number of carboxylic acid groups (broad SMARTS) is 1. The Bertz CT molecular complexity index is 4690. The van der Waals surface area contributed by atoms with E-state index in [2.05, 4.69) is 106 Å². The molecule has 0 aromatic carbocycles. The number of hydrogen-bond acceptors (Lipinski definition) is 28. The zero-order valence-corrected chi connectivity index (χ0v) is 58.0. The topological polar surface area (TPSA) is 457 Å². The molecule has 3 aliphatic carbocycles. The lowest BCUT2D eigenvalue weighted by Gasteiger charge is -2.44. The van der Waals surface area contributed by atoms with Gasteiger partial charge in [-0.1, -0.05) is 0 Å². The summed E-state index contributed by atoms with van der Waals surface area (Å²) in [5.74, 6) is -1.42. The molecule has 3 saturated heterocycles. The average Bonchev–Trinajstić information content (AvgIpc) is 1.65. The molecule has 39 heteroatoms. The number of halogens is 1. The molecule has 558 valence electrons. The van der Waals surface area contributed by atoms with Crippen LogP contribution in [-0.4, -0.2) is 246 Å². The van der Waals surface area contributed by atoms with Crippen LogP contribution in [0.4, 0.5) is 21.5 Å². The summed E-state index contributed by atoms with van der Waals surface area (Å²) in [7, 11) is 0. The van der Waals surface area contributed by atoms with Crippen LogP contribution in [0.2, 0.25) is 0 Å². The number of carbonyl (C=O) groups is 4.